The van der Waals surface area contributed by atoms with Gasteiger partial charge in [0.2, 0.25) is 0 Å². The van der Waals surface area contributed by atoms with Gasteiger partial charge in [-0.05, 0) is 30.2 Å². The van der Waals surface area contributed by atoms with Crippen LogP contribution in [0.25, 0.3) is 0 Å². The summed E-state index contributed by atoms with van der Waals surface area (Å²) in [4.78, 5) is 14.1. The maximum Gasteiger partial charge on any atom is 0.414 e. The van der Waals surface area contributed by atoms with Crippen LogP contribution >= 0.6 is 12.4 Å². The first kappa shape index (κ1) is 17.3. The average Bonchev–Trinajstić information content (AvgIpc) is 2.93. The second-order valence-electron chi connectivity index (χ2n) is 5.48. The number of ether oxygens (including phenoxy) is 1. The highest BCUT2D eigenvalue weighted by Gasteiger charge is 2.32. The van der Waals surface area contributed by atoms with Gasteiger partial charge in [0.05, 0.1) is 5.69 Å². The Kier molecular flexibility index (Phi) is 6.02. The number of amides is 1. The standard InChI is InChI=1S/C18H20N2O2.ClH/c19-11-10-15-12-20(17-9-5-4-8-16(15)17)18(21)22-13-14-6-2-1-3-7-14;/h1-9,15H,10-13,19H2;1H. The third-order valence-corrected chi connectivity index (χ3v) is 4.01. The highest BCUT2D eigenvalue weighted by molar-refractivity contribution is 5.90. The van der Waals surface area contributed by atoms with Gasteiger partial charge in [0, 0.05) is 12.5 Å². The molecular weight excluding hydrogens is 312 g/mol. The minimum Gasteiger partial charge on any atom is -0.444 e. The molecule has 1 heterocycles. The van der Waals surface area contributed by atoms with Crippen LogP contribution in [-0.4, -0.2) is 19.2 Å². The third-order valence-electron chi connectivity index (χ3n) is 4.01. The summed E-state index contributed by atoms with van der Waals surface area (Å²) in [5.74, 6) is 0.297. The summed E-state index contributed by atoms with van der Waals surface area (Å²) in [6.07, 6.45) is 0.579. The number of para-hydroxylation sites is 1. The van der Waals surface area contributed by atoms with Crippen LogP contribution in [-0.2, 0) is 11.3 Å². The molecule has 2 N–H and O–H groups in total. The predicted octanol–water partition coefficient (Wildman–Crippen LogP) is 3.70. The highest BCUT2D eigenvalue weighted by Crippen LogP contribution is 2.38. The molecule has 0 fully saturated rings. The van der Waals surface area contributed by atoms with Crippen LogP contribution in [0, 0.1) is 0 Å². The van der Waals surface area contributed by atoms with Crippen LogP contribution < -0.4 is 10.6 Å². The molecule has 0 aliphatic carbocycles. The van der Waals surface area contributed by atoms with Gasteiger partial charge in [0.25, 0.3) is 0 Å². The molecular formula is C18H21ClN2O2. The first-order chi connectivity index (χ1) is 10.8. The molecule has 0 bridgehead atoms. The van der Waals surface area contributed by atoms with E-state index in [0.29, 0.717) is 25.6 Å². The van der Waals surface area contributed by atoms with Gasteiger partial charge >= 0.3 is 6.09 Å². The molecule has 1 atom stereocenters. The molecule has 1 amide bonds. The summed E-state index contributed by atoms with van der Waals surface area (Å²) < 4.78 is 5.45. The van der Waals surface area contributed by atoms with Crippen LogP contribution in [0.4, 0.5) is 10.5 Å². The number of halogens is 1. The van der Waals surface area contributed by atoms with Gasteiger partial charge in [-0.2, -0.15) is 0 Å². The molecule has 3 rings (SSSR count). The average molecular weight is 333 g/mol. The second-order valence-corrected chi connectivity index (χ2v) is 5.48. The van der Waals surface area contributed by atoms with Gasteiger partial charge in [0.1, 0.15) is 6.61 Å². The number of fused-ring (bicyclic) bond motifs is 1. The lowest BCUT2D eigenvalue weighted by molar-refractivity contribution is 0.147. The maximum atomic E-state index is 12.4. The summed E-state index contributed by atoms with van der Waals surface area (Å²) in [5, 5.41) is 0. The molecule has 0 saturated heterocycles. The number of benzene rings is 2. The summed E-state index contributed by atoms with van der Waals surface area (Å²) in [6, 6.07) is 17.7. The number of carbonyl (C=O) groups is 1. The van der Waals surface area contributed by atoms with Gasteiger partial charge in [0.15, 0.2) is 0 Å². The van der Waals surface area contributed by atoms with Crippen LogP contribution in [0.15, 0.2) is 54.6 Å². The van der Waals surface area contributed by atoms with Gasteiger partial charge in [-0.3, -0.25) is 4.90 Å². The fraction of sp³-hybridized carbons (Fsp3) is 0.278. The zero-order valence-electron chi connectivity index (χ0n) is 12.9. The van der Waals surface area contributed by atoms with Gasteiger partial charge in [-0.1, -0.05) is 48.5 Å². The van der Waals surface area contributed by atoms with E-state index in [2.05, 4.69) is 6.07 Å². The zero-order valence-corrected chi connectivity index (χ0v) is 13.7. The maximum absolute atomic E-state index is 12.4. The van der Waals surface area contributed by atoms with Crippen LogP contribution in [0.2, 0.25) is 0 Å². The SMILES string of the molecule is Cl.NCCC1CN(C(=O)OCc2ccccc2)c2ccccc21. The monoisotopic (exact) mass is 332 g/mol. The Labute approximate surface area is 142 Å². The molecule has 0 spiro atoms. The van der Waals surface area contributed by atoms with E-state index in [4.69, 9.17) is 10.5 Å². The predicted molar refractivity (Wildman–Crippen MR) is 94.1 cm³/mol. The molecule has 4 nitrogen and oxygen atoms in total. The second kappa shape index (κ2) is 7.99. The highest BCUT2D eigenvalue weighted by atomic mass is 35.5. The first-order valence-corrected chi connectivity index (χ1v) is 7.57. The Balaban J connectivity index is 0.00000192. The van der Waals surface area contributed by atoms with Crippen molar-refractivity contribution >= 4 is 24.2 Å². The van der Waals surface area contributed by atoms with Crippen molar-refractivity contribution in [2.75, 3.05) is 18.0 Å². The molecule has 23 heavy (non-hydrogen) atoms. The minimum atomic E-state index is -0.296. The number of rotatable bonds is 4. The molecule has 1 aliphatic heterocycles. The van der Waals surface area contributed by atoms with E-state index >= 15 is 0 Å². The van der Waals surface area contributed by atoms with E-state index in [1.165, 1.54) is 5.56 Å². The van der Waals surface area contributed by atoms with E-state index in [-0.39, 0.29) is 18.5 Å². The first-order valence-electron chi connectivity index (χ1n) is 7.57. The van der Waals surface area contributed by atoms with Crippen molar-refractivity contribution in [2.24, 2.45) is 5.73 Å². The molecule has 0 aromatic heterocycles. The lowest BCUT2D eigenvalue weighted by atomic mass is 9.98. The molecule has 0 radical (unpaired) electrons. The number of carbonyl (C=O) groups excluding carboxylic acids is 1. The Morgan fingerprint density at radius 1 is 1.13 bits per heavy atom. The van der Waals surface area contributed by atoms with Crippen molar-refractivity contribution in [1.82, 2.24) is 0 Å². The number of hydrogen-bond acceptors (Lipinski definition) is 3. The van der Waals surface area contributed by atoms with Gasteiger partial charge < -0.3 is 10.5 Å². The lowest BCUT2D eigenvalue weighted by Crippen LogP contribution is -2.30. The van der Waals surface area contributed by atoms with Crippen molar-refractivity contribution in [1.29, 1.82) is 0 Å². The smallest absolute Gasteiger partial charge is 0.414 e. The third kappa shape index (κ3) is 3.84. The van der Waals surface area contributed by atoms with Crippen molar-refractivity contribution in [3.05, 3.63) is 65.7 Å². The normalized spacial score (nSPS) is 15.7. The molecule has 122 valence electrons. The van der Waals surface area contributed by atoms with E-state index in [1.807, 2.05) is 48.5 Å². The Hall–Kier alpha value is -2.04. The Bertz CT molecular complexity index is 648. The number of hydrogen-bond donors (Lipinski definition) is 1. The molecule has 1 unspecified atom stereocenters. The van der Waals surface area contributed by atoms with Crippen molar-refractivity contribution in [3.63, 3.8) is 0 Å². The number of nitrogens with zero attached hydrogens (tertiary/aromatic N) is 1. The van der Waals surface area contributed by atoms with Gasteiger partial charge in [-0.25, -0.2) is 4.79 Å². The van der Waals surface area contributed by atoms with Crippen molar-refractivity contribution < 1.29 is 9.53 Å². The number of nitrogens with two attached hydrogens (primary N) is 1. The Morgan fingerprint density at radius 2 is 1.83 bits per heavy atom. The van der Waals surface area contributed by atoms with Crippen LogP contribution in [0.5, 0.6) is 0 Å². The Morgan fingerprint density at radius 3 is 2.57 bits per heavy atom. The lowest BCUT2D eigenvalue weighted by Gasteiger charge is -2.17. The largest absolute Gasteiger partial charge is 0.444 e. The number of anilines is 1. The quantitative estimate of drug-likeness (QED) is 0.928. The van der Waals surface area contributed by atoms with Crippen molar-refractivity contribution in [3.8, 4) is 0 Å². The fourth-order valence-corrected chi connectivity index (χ4v) is 2.91. The summed E-state index contributed by atoms with van der Waals surface area (Å²) in [7, 11) is 0. The summed E-state index contributed by atoms with van der Waals surface area (Å²) in [5.41, 5.74) is 8.80. The van der Waals surface area contributed by atoms with E-state index in [1.54, 1.807) is 4.90 Å². The van der Waals surface area contributed by atoms with E-state index < -0.39 is 0 Å². The minimum absolute atomic E-state index is 0. The topological polar surface area (TPSA) is 55.6 Å². The summed E-state index contributed by atoms with van der Waals surface area (Å²) in [6.45, 7) is 1.55. The van der Waals surface area contributed by atoms with Crippen LogP contribution in [0.1, 0.15) is 23.5 Å². The molecule has 1 aliphatic rings. The zero-order chi connectivity index (χ0) is 15.4. The molecule has 0 saturated carbocycles. The fourth-order valence-electron chi connectivity index (χ4n) is 2.91. The molecule has 2 aromatic rings. The van der Waals surface area contributed by atoms with E-state index in [0.717, 1.165) is 17.7 Å². The van der Waals surface area contributed by atoms with Crippen molar-refractivity contribution in [2.45, 2.75) is 18.9 Å². The van der Waals surface area contributed by atoms with E-state index in [9.17, 15) is 4.79 Å². The molecule has 5 heteroatoms. The summed E-state index contributed by atoms with van der Waals surface area (Å²) >= 11 is 0. The van der Waals surface area contributed by atoms with Crippen LogP contribution in [0.3, 0.4) is 0 Å². The van der Waals surface area contributed by atoms with Gasteiger partial charge in [-0.15, -0.1) is 12.4 Å². The molecule has 2 aromatic carbocycles.